The number of likely N-dealkylation sites (tertiary alicyclic amines) is 2. The molecule has 9 heteroatoms. The molecule has 0 radical (unpaired) electrons. The monoisotopic (exact) mass is 483 g/mol. The van der Waals surface area contributed by atoms with Crippen LogP contribution < -0.4 is 0 Å². The van der Waals surface area contributed by atoms with E-state index in [1.54, 1.807) is 25.2 Å². The zero-order valence-electron chi connectivity index (χ0n) is 18.3. The van der Waals surface area contributed by atoms with Gasteiger partial charge in [-0.1, -0.05) is 17.7 Å². The van der Waals surface area contributed by atoms with Crippen molar-refractivity contribution in [2.75, 3.05) is 26.7 Å². The van der Waals surface area contributed by atoms with Crippen molar-refractivity contribution < 1.29 is 13.2 Å². The van der Waals surface area contributed by atoms with E-state index < -0.39 is 16.1 Å². The van der Waals surface area contributed by atoms with Crippen LogP contribution in [0.4, 0.5) is 0 Å². The van der Waals surface area contributed by atoms with Crippen LogP contribution in [0.1, 0.15) is 39.5 Å². The molecule has 1 amide bonds. The van der Waals surface area contributed by atoms with Crippen LogP contribution >= 0.6 is 22.9 Å². The molecule has 1 aromatic carbocycles. The number of benzene rings is 1. The smallest absolute Gasteiger partial charge is 0.253 e. The number of thiophene rings is 1. The fourth-order valence-corrected chi connectivity index (χ4v) is 7.91. The SMILES string of the molecule is CC(C)N1CCC(N2CCC[C@H](N(C)S(=O)(=O)c3cc4ccc(Cl)cc4s3)C2=O)CC1. The summed E-state index contributed by atoms with van der Waals surface area (Å²) in [4.78, 5) is 17.8. The molecule has 0 aliphatic carbocycles. The van der Waals surface area contributed by atoms with Gasteiger partial charge in [0.15, 0.2) is 0 Å². The summed E-state index contributed by atoms with van der Waals surface area (Å²) in [6.45, 7) is 7.08. The highest BCUT2D eigenvalue weighted by Crippen LogP contribution is 2.34. The Morgan fingerprint density at radius 3 is 2.52 bits per heavy atom. The van der Waals surface area contributed by atoms with Crippen molar-refractivity contribution in [3.8, 4) is 0 Å². The molecule has 0 unspecified atom stereocenters. The van der Waals surface area contributed by atoms with Crippen LogP contribution in [0.3, 0.4) is 0 Å². The van der Waals surface area contributed by atoms with E-state index in [1.807, 2.05) is 11.0 Å². The molecule has 2 aromatic rings. The molecular weight excluding hydrogens is 454 g/mol. The maximum absolute atomic E-state index is 13.4. The molecule has 3 heterocycles. The Kier molecular flexibility index (Phi) is 6.66. The first-order valence-corrected chi connectivity index (χ1v) is 13.5. The molecule has 2 saturated heterocycles. The number of carbonyl (C=O) groups excluding carboxylic acids is 1. The third-order valence-corrected chi connectivity index (χ3v) is 10.3. The minimum Gasteiger partial charge on any atom is -0.338 e. The average molecular weight is 484 g/mol. The van der Waals surface area contributed by atoms with Crippen LogP contribution in [0.2, 0.25) is 5.02 Å². The number of nitrogens with zero attached hydrogens (tertiary/aromatic N) is 3. The van der Waals surface area contributed by atoms with E-state index in [0.29, 0.717) is 17.5 Å². The van der Waals surface area contributed by atoms with Crippen LogP contribution in [-0.2, 0) is 14.8 Å². The number of hydrogen-bond acceptors (Lipinski definition) is 5. The second-order valence-corrected chi connectivity index (χ2v) is 12.6. The number of fused-ring (bicyclic) bond motifs is 1. The minimum absolute atomic E-state index is 0.0514. The molecule has 6 nitrogen and oxygen atoms in total. The van der Waals surface area contributed by atoms with Crippen LogP contribution in [0.25, 0.3) is 10.1 Å². The maximum atomic E-state index is 13.4. The normalized spacial score (nSPS) is 22.2. The maximum Gasteiger partial charge on any atom is 0.253 e. The number of carbonyl (C=O) groups is 1. The van der Waals surface area contributed by atoms with Gasteiger partial charge in [-0.25, -0.2) is 8.42 Å². The summed E-state index contributed by atoms with van der Waals surface area (Å²) >= 11 is 7.25. The number of piperidine rings is 2. The average Bonchev–Trinajstić information content (AvgIpc) is 3.17. The van der Waals surface area contributed by atoms with Gasteiger partial charge in [-0.3, -0.25) is 4.79 Å². The van der Waals surface area contributed by atoms with Crippen LogP contribution in [0.15, 0.2) is 28.5 Å². The molecule has 0 spiro atoms. The minimum atomic E-state index is -3.77. The van der Waals surface area contributed by atoms with Crippen molar-refractivity contribution >= 4 is 49.0 Å². The van der Waals surface area contributed by atoms with Gasteiger partial charge in [0.05, 0.1) is 0 Å². The fourth-order valence-electron chi connectivity index (χ4n) is 4.71. The molecular formula is C22H30ClN3O3S2. The molecule has 0 N–H and O–H groups in total. The number of likely N-dealkylation sites (N-methyl/N-ethyl adjacent to an activating group) is 1. The molecule has 0 saturated carbocycles. The summed E-state index contributed by atoms with van der Waals surface area (Å²) in [5.74, 6) is -0.0514. The zero-order valence-corrected chi connectivity index (χ0v) is 20.6. The number of halogens is 1. The number of sulfonamides is 1. The van der Waals surface area contributed by atoms with Crippen LogP contribution in [0.5, 0.6) is 0 Å². The van der Waals surface area contributed by atoms with Crippen molar-refractivity contribution in [1.29, 1.82) is 0 Å². The highest BCUT2D eigenvalue weighted by Gasteiger charge is 2.41. The molecule has 2 aliphatic heterocycles. The molecule has 2 aliphatic rings. The largest absolute Gasteiger partial charge is 0.338 e. The Bertz CT molecular complexity index is 1060. The molecule has 0 bridgehead atoms. The summed E-state index contributed by atoms with van der Waals surface area (Å²) in [6.07, 6.45) is 3.28. The first-order valence-electron chi connectivity index (χ1n) is 10.9. The molecule has 31 heavy (non-hydrogen) atoms. The van der Waals surface area contributed by atoms with E-state index in [-0.39, 0.29) is 16.2 Å². The van der Waals surface area contributed by atoms with Gasteiger partial charge in [0.1, 0.15) is 10.3 Å². The quantitative estimate of drug-likeness (QED) is 0.644. The van der Waals surface area contributed by atoms with E-state index in [2.05, 4.69) is 18.7 Å². The van der Waals surface area contributed by atoms with E-state index in [1.165, 1.54) is 15.6 Å². The van der Waals surface area contributed by atoms with Crippen molar-refractivity contribution in [2.45, 2.75) is 61.9 Å². The first kappa shape index (κ1) is 23.0. The zero-order chi connectivity index (χ0) is 22.3. The van der Waals surface area contributed by atoms with Gasteiger partial charge in [-0.15, -0.1) is 11.3 Å². The molecule has 2 fully saturated rings. The number of amides is 1. The lowest BCUT2D eigenvalue weighted by Crippen LogP contribution is -2.57. The third kappa shape index (κ3) is 4.50. The van der Waals surface area contributed by atoms with Gasteiger partial charge in [0, 0.05) is 48.5 Å². The summed E-state index contributed by atoms with van der Waals surface area (Å²) in [7, 11) is -2.23. The predicted octanol–water partition coefficient (Wildman–Crippen LogP) is 4.04. The summed E-state index contributed by atoms with van der Waals surface area (Å²) in [5.41, 5.74) is 0. The Balaban J connectivity index is 1.51. The lowest BCUT2D eigenvalue weighted by molar-refractivity contribution is -0.141. The fraction of sp³-hybridized carbons (Fsp3) is 0.591. The van der Waals surface area contributed by atoms with Gasteiger partial charge >= 0.3 is 0 Å². The van der Waals surface area contributed by atoms with Gasteiger partial charge < -0.3 is 9.80 Å². The topological polar surface area (TPSA) is 60.9 Å². The summed E-state index contributed by atoms with van der Waals surface area (Å²) < 4.78 is 29.1. The standard InChI is InChI=1S/C22H30ClN3O3S2/c1-15(2)25-11-8-18(9-12-25)26-10-4-5-19(22(26)27)24(3)31(28,29)21-13-16-6-7-17(23)14-20(16)30-21/h6-7,13-15,18-19H,4-5,8-12H2,1-3H3/t19-/m0/s1. The molecule has 170 valence electrons. The molecule has 4 rings (SSSR count). The van der Waals surface area contributed by atoms with Crippen molar-refractivity contribution in [3.63, 3.8) is 0 Å². The molecule has 1 aromatic heterocycles. The Morgan fingerprint density at radius 2 is 1.84 bits per heavy atom. The first-order chi connectivity index (χ1) is 14.7. The number of rotatable bonds is 5. The van der Waals surface area contributed by atoms with E-state index in [9.17, 15) is 13.2 Å². The van der Waals surface area contributed by atoms with E-state index in [0.717, 1.165) is 49.0 Å². The van der Waals surface area contributed by atoms with Gasteiger partial charge in [-0.05, 0) is 63.1 Å². The lowest BCUT2D eigenvalue weighted by Gasteiger charge is -2.44. The Labute approximate surface area is 193 Å². The Morgan fingerprint density at radius 1 is 1.13 bits per heavy atom. The van der Waals surface area contributed by atoms with Gasteiger partial charge in [0.2, 0.25) is 5.91 Å². The lowest BCUT2D eigenvalue weighted by atomic mass is 9.97. The van der Waals surface area contributed by atoms with Crippen molar-refractivity contribution in [1.82, 2.24) is 14.1 Å². The van der Waals surface area contributed by atoms with E-state index in [4.69, 9.17) is 11.6 Å². The van der Waals surface area contributed by atoms with Gasteiger partial charge in [0.25, 0.3) is 10.0 Å². The summed E-state index contributed by atoms with van der Waals surface area (Å²) in [6, 6.07) is 7.10. The van der Waals surface area contributed by atoms with Crippen molar-refractivity contribution in [2.24, 2.45) is 0 Å². The Hall–Kier alpha value is -1.19. The molecule has 1 atom stereocenters. The van der Waals surface area contributed by atoms with E-state index >= 15 is 0 Å². The second kappa shape index (κ2) is 8.98. The summed E-state index contributed by atoms with van der Waals surface area (Å²) in [5, 5.41) is 1.42. The second-order valence-electron chi connectivity index (χ2n) is 8.82. The highest BCUT2D eigenvalue weighted by atomic mass is 35.5. The van der Waals surface area contributed by atoms with Gasteiger partial charge in [-0.2, -0.15) is 4.31 Å². The van der Waals surface area contributed by atoms with Crippen LogP contribution in [0, 0.1) is 0 Å². The highest BCUT2D eigenvalue weighted by molar-refractivity contribution is 7.91. The number of hydrogen-bond donors (Lipinski definition) is 0. The third-order valence-electron chi connectivity index (χ3n) is 6.65. The van der Waals surface area contributed by atoms with Crippen molar-refractivity contribution in [3.05, 3.63) is 29.3 Å². The van der Waals surface area contributed by atoms with Crippen LogP contribution in [-0.4, -0.2) is 73.2 Å². The predicted molar refractivity (Wildman–Crippen MR) is 126 cm³/mol.